The summed E-state index contributed by atoms with van der Waals surface area (Å²) in [5.74, 6) is -2.18. The van der Waals surface area contributed by atoms with Gasteiger partial charge in [-0.15, -0.1) is 0 Å². The molecule has 0 saturated carbocycles. The molecule has 2 aromatic rings. The van der Waals surface area contributed by atoms with Gasteiger partial charge >= 0.3 is 11.9 Å². The molecule has 2 aromatic carbocycles. The Morgan fingerprint density at radius 1 is 1.00 bits per heavy atom. The van der Waals surface area contributed by atoms with Gasteiger partial charge in [0.05, 0.1) is 12.7 Å². The van der Waals surface area contributed by atoms with E-state index in [9.17, 15) is 19.2 Å². The Morgan fingerprint density at radius 2 is 1.69 bits per heavy atom. The van der Waals surface area contributed by atoms with Crippen molar-refractivity contribution in [3.8, 4) is 0 Å². The third kappa shape index (κ3) is 6.46. The Balaban J connectivity index is 1.80. The van der Waals surface area contributed by atoms with Crippen LogP contribution in [0.15, 0.2) is 48.5 Å². The summed E-state index contributed by atoms with van der Waals surface area (Å²) in [6.07, 6.45) is 0. The van der Waals surface area contributed by atoms with Crippen molar-refractivity contribution >= 4 is 29.4 Å². The Labute approximate surface area is 168 Å². The second-order valence-electron chi connectivity index (χ2n) is 6.29. The predicted octanol–water partition coefficient (Wildman–Crippen LogP) is 2.08. The van der Waals surface area contributed by atoms with Crippen LogP contribution in [-0.2, 0) is 19.1 Å². The van der Waals surface area contributed by atoms with Crippen molar-refractivity contribution in [3.63, 3.8) is 0 Å². The molecule has 152 valence electrons. The molecule has 2 N–H and O–H groups in total. The highest BCUT2D eigenvalue weighted by Gasteiger charge is 2.19. The van der Waals surface area contributed by atoms with Crippen LogP contribution in [0.2, 0.25) is 0 Å². The minimum atomic E-state index is -0.921. The molecular formula is C21H22N2O6. The van der Waals surface area contributed by atoms with Crippen LogP contribution in [-0.4, -0.2) is 43.5 Å². The maximum absolute atomic E-state index is 12.2. The fourth-order valence-electron chi connectivity index (χ4n) is 2.39. The van der Waals surface area contributed by atoms with Crippen LogP contribution < -0.4 is 10.6 Å². The zero-order valence-corrected chi connectivity index (χ0v) is 16.4. The molecular weight excluding hydrogens is 376 g/mol. The molecule has 0 bridgehead atoms. The average Bonchev–Trinajstić information content (AvgIpc) is 2.71. The molecule has 0 aliphatic carbocycles. The molecule has 0 aliphatic rings. The van der Waals surface area contributed by atoms with Gasteiger partial charge in [0.25, 0.3) is 11.8 Å². The van der Waals surface area contributed by atoms with Gasteiger partial charge in [-0.25, -0.2) is 9.59 Å². The summed E-state index contributed by atoms with van der Waals surface area (Å²) in [5, 5.41) is 5.07. The second-order valence-corrected chi connectivity index (χ2v) is 6.29. The first kappa shape index (κ1) is 21.6. The largest absolute Gasteiger partial charge is 0.465 e. The lowest BCUT2D eigenvalue weighted by Gasteiger charge is -2.13. The number of carbonyl (C=O) groups is 4. The van der Waals surface area contributed by atoms with Crippen molar-refractivity contribution in [3.05, 3.63) is 65.2 Å². The van der Waals surface area contributed by atoms with Gasteiger partial charge in [-0.1, -0.05) is 17.7 Å². The molecule has 0 heterocycles. The number of hydrogen-bond donors (Lipinski definition) is 2. The van der Waals surface area contributed by atoms with E-state index in [-0.39, 0.29) is 0 Å². The molecule has 0 unspecified atom stereocenters. The summed E-state index contributed by atoms with van der Waals surface area (Å²) in [6, 6.07) is 12.1. The van der Waals surface area contributed by atoms with Crippen molar-refractivity contribution in [2.24, 2.45) is 0 Å². The second kappa shape index (κ2) is 10.0. The standard InChI is InChI=1S/C21H22N2O6/c1-13-5-4-6-16(11-13)19(25)22-14(2)20(26)29-12-18(24)23-17-9-7-15(8-10-17)21(27)28-3/h4-11,14H,12H2,1-3H3,(H,22,25)(H,23,24)/t14-/m0/s1. The lowest BCUT2D eigenvalue weighted by Crippen LogP contribution is -2.40. The molecule has 2 amide bonds. The van der Waals surface area contributed by atoms with Gasteiger partial charge in [0.1, 0.15) is 6.04 Å². The molecule has 1 atom stereocenters. The molecule has 2 rings (SSSR count). The van der Waals surface area contributed by atoms with E-state index in [0.717, 1.165) is 5.56 Å². The quantitative estimate of drug-likeness (QED) is 0.691. The molecule has 0 aliphatic heterocycles. The summed E-state index contributed by atoms with van der Waals surface area (Å²) in [4.78, 5) is 47.5. The van der Waals surface area contributed by atoms with E-state index in [2.05, 4.69) is 15.4 Å². The van der Waals surface area contributed by atoms with Crippen LogP contribution in [0.5, 0.6) is 0 Å². The number of ether oxygens (including phenoxy) is 2. The Morgan fingerprint density at radius 3 is 2.31 bits per heavy atom. The number of hydrogen-bond acceptors (Lipinski definition) is 6. The maximum Gasteiger partial charge on any atom is 0.337 e. The highest BCUT2D eigenvalue weighted by atomic mass is 16.5. The van der Waals surface area contributed by atoms with Crippen LogP contribution in [0, 0.1) is 6.92 Å². The van der Waals surface area contributed by atoms with Crippen molar-refractivity contribution in [2.45, 2.75) is 19.9 Å². The number of carbonyl (C=O) groups excluding carboxylic acids is 4. The normalized spacial score (nSPS) is 11.1. The Hall–Kier alpha value is -3.68. The van der Waals surface area contributed by atoms with Crippen molar-refractivity contribution < 1.29 is 28.7 Å². The van der Waals surface area contributed by atoms with Crippen molar-refractivity contribution in [2.75, 3.05) is 19.0 Å². The van der Waals surface area contributed by atoms with E-state index in [1.165, 1.54) is 38.3 Å². The fourth-order valence-corrected chi connectivity index (χ4v) is 2.39. The van der Waals surface area contributed by atoms with Gasteiger partial charge < -0.3 is 20.1 Å². The third-order valence-corrected chi connectivity index (χ3v) is 3.92. The number of rotatable bonds is 7. The average molecular weight is 398 g/mol. The highest BCUT2D eigenvalue weighted by Crippen LogP contribution is 2.10. The van der Waals surface area contributed by atoms with Gasteiger partial charge in [-0.2, -0.15) is 0 Å². The number of benzene rings is 2. The molecule has 0 saturated heterocycles. The number of esters is 2. The minimum absolute atomic E-state index is 0.343. The van der Waals surface area contributed by atoms with E-state index in [4.69, 9.17) is 4.74 Å². The van der Waals surface area contributed by atoms with Crippen LogP contribution in [0.1, 0.15) is 33.2 Å². The van der Waals surface area contributed by atoms with E-state index in [1.807, 2.05) is 13.0 Å². The lowest BCUT2D eigenvalue weighted by atomic mass is 10.1. The summed E-state index contributed by atoms with van der Waals surface area (Å²) < 4.78 is 9.53. The summed E-state index contributed by atoms with van der Waals surface area (Å²) >= 11 is 0. The van der Waals surface area contributed by atoms with Crippen LogP contribution in [0.3, 0.4) is 0 Å². The molecule has 29 heavy (non-hydrogen) atoms. The molecule has 0 aromatic heterocycles. The summed E-state index contributed by atoms with van der Waals surface area (Å²) in [6.45, 7) is 2.82. The van der Waals surface area contributed by atoms with Gasteiger partial charge in [0.2, 0.25) is 0 Å². The Kier molecular flexibility index (Phi) is 7.47. The monoisotopic (exact) mass is 398 g/mol. The van der Waals surface area contributed by atoms with Crippen LogP contribution >= 0.6 is 0 Å². The number of amides is 2. The summed E-state index contributed by atoms with van der Waals surface area (Å²) in [5.41, 5.74) is 2.12. The lowest BCUT2D eigenvalue weighted by molar-refractivity contribution is -0.148. The zero-order chi connectivity index (χ0) is 21.4. The third-order valence-electron chi connectivity index (χ3n) is 3.92. The molecule has 8 heteroatoms. The highest BCUT2D eigenvalue weighted by molar-refractivity contribution is 5.97. The van der Waals surface area contributed by atoms with E-state index < -0.39 is 36.4 Å². The van der Waals surface area contributed by atoms with Crippen LogP contribution in [0.4, 0.5) is 5.69 Å². The first-order chi connectivity index (χ1) is 13.8. The van der Waals surface area contributed by atoms with Crippen molar-refractivity contribution in [1.82, 2.24) is 5.32 Å². The maximum atomic E-state index is 12.2. The molecule has 0 radical (unpaired) electrons. The predicted molar refractivity (Wildman–Crippen MR) is 105 cm³/mol. The first-order valence-electron chi connectivity index (χ1n) is 8.82. The summed E-state index contributed by atoms with van der Waals surface area (Å²) in [7, 11) is 1.27. The van der Waals surface area contributed by atoms with E-state index in [0.29, 0.717) is 16.8 Å². The number of methoxy groups -OCH3 is 1. The number of nitrogens with one attached hydrogen (secondary N) is 2. The minimum Gasteiger partial charge on any atom is -0.465 e. The first-order valence-corrected chi connectivity index (χ1v) is 8.82. The fraction of sp³-hybridized carbons (Fsp3) is 0.238. The molecule has 0 fully saturated rings. The van der Waals surface area contributed by atoms with Gasteiger partial charge in [-0.05, 0) is 50.2 Å². The molecule has 0 spiro atoms. The zero-order valence-electron chi connectivity index (χ0n) is 16.4. The smallest absolute Gasteiger partial charge is 0.337 e. The number of anilines is 1. The topological polar surface area (TPSA) is 111 Å². The van der Waals surface area contributed by atoms with E-state index >= 15 is 0 Å². The Bertz CT molecular complexity index is 908. The number of aryl methyl sites for hydroxylation is 1. The van der Waals surface area contributed by atoms with Crippen LogP contribution in [0.25, 0.3) is 0 Å². The van der Waals surface area contributed by atoms with Gasteiger partial charge in [0.15, 0.2) is 6.61 Å². The van der Waals surface area contributed by atoms with Gasteiger partial charge in [-0.3, -0.25) is 9.59 Å². The van der Waals surface area contributed by atoms with E-state index in [1.54, 1.807) is 18.2 Å². The van der Waals surface area contributed by atoms with Crippen molar-refractivity contribution in [1.29, 1.82) is 0 Å². The SMILES string of the molecule is COC(=O)c1ccc(NC(=O)COC(=O)[C@H](C)NC(=O)c2cccc(C)c2)cc1. The van der Waals surface area contributed by atoms with Gasteiger partial charge in [0, 0.05) is 11.3 Å². The molecule has 8 nitrogen and oxygen atoms in total.